The van der Waals surface area contributed by atoms with E-state index in [1.807, 2.05) is 18.2 Å². The highest BCUT2D eigenvalue weighted by Crippen LogP contribution is 2.32. The largest absolute Gasteiger partial charge is 0.493 e. The Kier molecular flexibility index (Phi) is 3.66. The number of nitrogens with one attached hydrogen (secondary N) is 1. The average molecular weight is 252 g/mol. The Hall–Kier alpha value is -1.52. The number of aromatic nitrogens is 1. The van der Waals surface area contributed by atoms with Crippen molar-refractivity contribution in [2.75, 3.05) is 25.5 Å². The summed E-state index contributed by atoms with van der Waals surface area (Å²) in [6.45, 7) is 1.23. The van der Waals surface area contributed by atoms with Gasteiger partial charge in [0.2, 0.25) is 0 Å². The molecule has 0 amide bonds. The molecule has 17 heavy (non-hydrogen) atoms. The molecule has 1 heterocycles. The van der Waals surface area contributed by atoms with Crippen LogP contribution in [0.1, 0.15) is 0 Å². The molecule has 1 aromatic carbocycles. The van der Waals surface area contributed by atoms with Gasteiger partial charge < -0.3 is 15.8 Å². The molecule has 2 aromatic rings. The molecule has 4 nitrogen and oxygen atoms in total. The third-order valence-electron chi connectivity index (χ3n) is 2.46. The topological polar surface area (TPSA) is 60.2 Å². The summed E-state index contributed by atoms with van der Waals surface area (Å²) in [5, 5.41) is 4.88. The van der Waals surface area contributed by atoms with Crippen molar-refractivity contribution in [3.05, 3.63) is 29.4 Å². The zero-order chi connectivity index (χ0) is 12.3. The van der Waals surface area contributed by atoms with Gasteiger partial charge in [-0.3, -0.25) is 4.98 Å². The van der Waals surface area contributed by atoms with Crippen LogP contribution in [0.4, 0.5) is 5.69 Å². The molecule has 90 valence electrons. The van der Waals surface area contributed by atoms with Gasteiger partial charge in [-0.05, 0) is 18.2 Å². The van der Waals surface area contributed by atoms with Gasteiger partial charge in [0, 0.05) is 23.5 Å². The molecule has 2 rings (SSSR count). The van der Waals surface area contributed by atoms with Crippen LogP contribution in [0.5, 0.6) is 5.75 Å². The first-order valence-electron chi connectivity index (χ1n) is 5.32. The summed E-state index contributed by atoms with van der Waals surface area (Å²) in [5.41, 5.74) is 7.23. The van der Waals surface area contributed by atoms with Crippen LogP contribution >= 0.6 is 11.6 Å². The Morgan fingerprint density at radius 2 is 2.29 bits per heavy atom. The fourth-order valence-electron chi connectivity index (χ4n) is 1.68. The van der Waals surface area contributed by atoms with E-state index in [9.17, 15) is 0 Å². The van der Waals surface area contributed by atoms with Gasteiger partial charge in [-0.1, -0.05) is 11.6 Å². The summed E-state index contributed by atoms with van der Waals surface area (Å²) in [7, 11) is 1.62. The normalized spacial score (nSPS) is 10.5. The van der Waals surface area contributed by atoms with Crippen molar-refractivity contribution in [1.82, 2.24) is 4.98 Å². The third-order valence-corrected chi connectivity index (χ3v) is 2.70. The lowest BCUT2D eigenvalue weighted by Gasteiger charge is -2.13. The predicted molar refractivity (Wildman–Crippen MR) is 70.8 cm³/mol. The first-order chi connectivity index (χ1) is 8.26. The molecule has 0 radical (unpaired) electrons. The Balaban J connectivity index is 2.57. The van der Waals surface area contributed by atoms with Crippen LogP contribution in [-0.2, 0) is 0 Å². The Labute approximate surface area is 105 Å². The van der Waals surface area contributed by atoms with Gasteiger partial charge in [0.1, 0.15) is 0 Å². The quantitative estimate of drug-likeness (QED) is 0.875. The van der Waals surface area contributed by atoms with Crippen LogP contribution in [-0.4, -0.2) is 25.2 Å². The van der Waals surface area contributed by atoms with E-state index in [0.29, 0.717) is 23.9 Å². The minimum absolute atomic E-state index is 0.556. The fourth-order valence-corrected chi connectivity index (χ4v) is 1.85. The minimum Gasteiger partial charge on any atom is -0.493 e. The molecule has 0 aliphatic heterocycles. The lowest BCUT2D eigenvalue weighted by molar-refractivity contribution is 0.415. The number of nitrogens with two attached hydrogens (primary N) is 1. The maximum Gasteiger partial charge on any atom is 0.160 e. The molecule has 3 N–H and O–H groups in total. The number of methoxy groups -OCH3 is 1. The molecule has 0 saturated heterocycles. The number of pyridine rings is 1. The number of rotatable bonds is 4. The van der Waals surface area contributed by atoms with Gasteiger partial charge in [0.15, 0.2) is 5.75 Å². The molecular formula is C12H14ClN3O. The number of hydrogen-bond acceptors (Lipinski definition) is 4. The lowest BCUT2D eigenvalue weighted by Crippen LogP contribution is -2.14. The highest BCUT2D eigenvalue weighted by molar-refractivity contribution is 6.31. The molecule has 0 atom stereocenters. The van der Waals surface area contributed by atoms with E-state index in [4.69, 9.17) is 22.1 Å². The van der Waals surface area contributed by atoms with Crippen LogP contribution in [0.3, 0.4) is 0 Å². The summed E-state index contributed by atoms with van der Waals surface area (Å²) in [6.07, 6.45) is 1.68. The molecule has 5 heteroatoms. The van der Waals surface area contributed by atoms with E-state index in [1.165, 1.54) is 0 Å². The third kappa shape index (κ3) is 2.43. The molecule has 0 aliphatic rings. The number of anilines is 1. The highest BCUT2D eigenvalue weighted by Gasteiger charge is 2.08. The Bertz CT molecular complexity index is 530. The summed E-state index contributed by atoms with van der Waals surface area (Å²) in [4.78, 5) is 4.30. The molecule has 0 spiro atoms. The van der Waals surface area contributed by atoms with Crippen LogP contribution in [0.2, 0.25) is 5.02 Å². The molecule has 1 aromatic heterocycles. The van der Waals surface area contributed by atoms with Crippen LogP contribution in [0, 0.1) is 0 Å². The Morgan fingerprint density at radius 3 is 3.00 bits per heavy atom. The number of benzene rings is 1. The van der Waals surface area contributed by atoms with Crippen molar-refractivity contribution in [2.24, 2.45) is 5.73 Å². The van der Waals surface area contributed by atoms with E-state index in [-0.39, 0.29) is 0 Å². The monoisotopic (exact) mass is 251 g/mol. The van der Waals surface area contributed by atoms with Gasteiger partial charge in [-0.2, -0.15) is 0 Å². The van der Waals surface area contributed by atoms with Gasteiger partial charge >= 0.3 is 0 Å². The molecule has 0 bridgehead atoms. The van der Waals surface area contributed by atoms with E-state index in [1.54, 1.807) is 13.3 Å². The lowest BCUT2D eigenvalue weighted by atomic mass is 10.1. The summed E-state index contributed by atoms with van der Waals surface area (Å²) >= 11 is 5.94. The smallest absolute Gasteiger partial charge is 0.160 e. The molecule has 0 aliphatic carbocycles. The molecular weight excluding hydrogens is 238 g/mol. The first-order valence-corrected chi connectivity index (χ1v) is 5.70. The zero-order valence-electron chi connectivity index (χ0n) is 9.53. The summed E-state index contributed by atoms with van der Waals surface area (Å²) < 4.78 is 5.28. The standard InChI is InChI=1S/C12H14ClN3O/c1-17-11-7-16-10-6-8(13)2-3-9(10)12(11)15-5-4-14/h2-3,6-7H,4-5,14H2,1H3,(H,15,16). The number of fused-ring (bicyclic) bond motifs is 1. The SMILES string of the molecule is COc1cnc2cc(Cl)ccc2c1NCCN. The maximum atomic E-state index is 5.94. The maximum absolute atomic E-state index is 5.94. The van der Waals surface area contributed by atoms with Gasteiger partial charge in [0.05, 0.1) is 24.5 Å². The second-order valence-corrected chi connectivity index (χ2v) is 4.01. The Morgan fingerprint density at radius 1 is 1.47 bits per heavy atom. The molecule has 0 fully saturated rings. The summed E-state index contributed by atoms with van der Waals surface area (Å²) in [5.74, 6) is 0.702. The first kappa shape index (κ1) is 12.0. The summed E-state index contributed by atoms with van der Waals surface area (Å²) in [6, 6.07) is 5.58. The van der Waals surface area contributed by atoms with Crippen molar-refractivity contribution >= 4 is 28.2 Å². The van der Waals surface area contributed by atoms with Gasteiger partial charge in [-0.25, -0.2) is 0 Å². The second kappa shape index (κ2) is 5.21. The van der Waals surface area contributed by atoms with E-state index < -0.39 is 0 Å². The van der Waals surface area contributed by atoms with Gasteiger partial charge in [0.25, 0.3) is 0 Å². The zero-order valence-corrected chi connectivity index (χ0v) is 10.3. The second-order valence-electron chi connectivity index (χ2n) is 3.58. The number of hydrogen-bond donors (Lipinski definition) is 2. The van der Waals surface area contributed by atoms with Crippen molar-refractivity contribution in [2.45, 2.75) is 0 Å². The van der Waals surface area contributed by atoms with Crippen LogP contribution in [0.15, 0.2) is 24.4 Å². The van der Waals surface area contributed by atoms with Crippen LogP contribution in [0.25, 0.3) is 10.9 Å². The predicted octanol–water partition coefficient (Wildman–Crippen LogP) is 2.27. The fraction of sp³-hybridized carbons (Fsp3) is 0.250. The number of halogens is 1. The highest BCUT2D eigenvalue weighted by atomic mass is 35.5. The van der Waals surface area contributed by atoms with Crippen LogP contribution < -0.4 is 15.8 Å². The van der Waals surface area contributed by atoms with E-state index >= 15 is 0 Å². The molecule has 0 unspecified atom stereocenters. The number of ether oxygens (including phenoxy) is 1. The van der Waals surface area contributed by atoms with Crippen molar-refractivity contribution in [3.63, 3.8) is 0 Å². The minimum atomic E-state index is 0.556. The van der Waals surface area contributed by atoms with Gasteiger partial charge in [-0.15, -0.1) is 0 Å². The van der Waals surface area contributed by atoms with E-state index in [0.717, 1.165) is 16.6 Å². The van der Waals surface area contributed by atoms with Crippen molar-refractivity contribution in [3.8, 4) is 5.75 Å². The van der Waals surface area contributed by atoms with Crippen molar-refractivity contribution in [1.29, 1.82) is 0 Å². The number of nitrogens with zero attached hydrogens (tertiary/aromatic N) is 1. The average Bonchev–Trinajstić information content (AvgIpc) is 2.35. The van der Waals surface area contributed by atoms with Crippen molar-refractivity contribution < 1.29 is 4.74 Å². The molecule has 0 saturated carbocycles. The van der Waals surface area contributed by atoms with E-state index in [2.05, 4.69) is 10.3 Å².